The van der Waals surface area contributed by atoms with E-state index in [0.717, 1.165) is 50.1 Å². The fraction of sp³-hybridized carbons (Fsp3) is 0.147. The molecule has 2 unspecified atom stereocenters. The Morgan fingerprint density at radius 3 is 2.32 bits per heavy atom. The van der Waals surface area contributed by atoms with Gasteiger partial charge in [0.2, 0.25) is 5.91 Å². The van der Waals surface area contributed by atoms with Gasteiger partial charge in [0.15, 0.2) is 0 Å². The molecule has 3 aromatic carbocycles. The molecule has 1 aliphatic carbocycles. The van der Waals surface area contributed by atoms with E-state index >= 15 is 0 Å². The van der Waals surface area contributed by atoms with Crippen molar-refractivity contribution in [2.24, 2.45) is 16.8 Å². The Labute approximate surface area is 238 Å². The van der Waals surface area contributed by atoms with Crippen molar-refractivity contribution in [1.29, 1.82) is 5.26 Å². The van der Waals surface area contributed by atoms with Gasteiger partial charge in [-0.05, 0) is 41.6 Å². The predicted octanol–water partition coefficient (Wildman–Crippen LogP) is 6.63. The average molecular weight is 537 g/mol. The first-order chi connectivity index (χ1) is 20.0. The smallest absolute Gasteiger partial charge is 0.230 e. The maximum absolute atomic E-state index is 12.7. The number of nitrogens with zero attached hydrogens (tertiary/aromatic N) is 5. The minimum absolute atomic E-state index is 0.171. The Morgan fingerprint density at radius 1 is 0.976 bits per heavy atom. The largest absolute Gasteiger partial charge is 0.377 e. The van der Waals surface area contributed by atoms with Crippen LogP contribution in [0.25, 0.3) is 21.9 Å². The topological polar surface area (TPSA) is 94.3 Å². The maximum Gasteiger partial charge on any atom is 0.230 e. The fourth-order valence-electron chi connectivity index (χ4n) is 5.01. The third-order valence-corrected chi connectivity index (χ3v) is 7.28. The lowest BCUT2D eigenvalue weighted by molar-refractivity contribution is -0.117. The van der Waals surface area contributed by atoms with E-state index in [1.54, 1.807) is 12.4 Å². The van der Waals surface area contributed by atoms with Crippen LogP contribution in [0.5, 0.6) is 0 Å². The SMILES string of the molecule is CN(C)c1ccncc1-c1cc(N=C(c2ccccc2)c2ccccc2)c2cnc(NC(=O)C3CC3C#N)cc2c1. The van der Waals surface area contributed by atoms with Gasteiger partial charge in [0.05, 0.1) is 29.3 Å². The zero-order valence-corrected chi connectivity index (χ0v) is 22.8. The minimum atomic E-state index is -0.277. The zero-order valence-electron chi connectivity index (χ0n) is 22.8. The molecule has 5 aromatic rings. The summed E-state index contributed by atoms with van der Waals surface area (Å²) < 4.78 is 0. The van der Waals surface area contributed by atoms with Gasteiger partial charge in [-0.2, -0.15) is 5.26 Å². The van der Waals surface area contributed by atoms with E-state index in [4.69, 9.17) is 10.3 Å². The number of nitriles is 1. The highest BCUT2D eigenvalue weighted by atomic mass is 16.2. The number of hydrogen-bond acceptors (Lipinski definition) is 6. The molecule has 0 aliphatic heterocycles. The van der Waals surface area contributed by atoms with Gasteiger partial charge in [-0.25, -0.2) is 9.98 Å². The number of benzene rings is 3. The van der Waals surface area contributed by atoms with E-state index in [0.29, 0.717) is 12.2 Å². The summed E-state index contributed by atoms with van der Waals surface area (Å²) in [5.41, 5.74) is 6.54. The molecule has 1 saturated carbocycles. The van der Waals surface area contributed by atoms with Gasteiger partial charge in [-0.3, -0.25) is 9.78 Å². The summed E-state index contributed by atoms with van der Waals surface area (Å²) in [6.45, 7) is 0. The maximum atomic E-state index is 12.7. The Bertz CT molecular complexity index is 1770. The molecule has 2 aromatic heterocycles. The lowest BCUT2D eigenvalue weighted by Gasteiger charge is -2.18. The first-order valence-electron chi connectivity index (χ1n) is 13.5. The second kappa shape index (κ2) is 11.0. The Kier molecular flexibility index (Phi) is 6.97. The van der Waals surface area contributed by atoms with Gasteiger partial charge in [0.1, 0.15) is 5.82 Å². The summed E-state index contributed by atoms with van der Waals surface area (Å²) in [6.07, 6.45) is 5.99. The average Bonchev–Trinajstić information content (AvgIpc) is 3.81. The summed E-state index contributed by atoms with van der Waals surface area (Å²) in [6, 6.07) is 30.4. The summed E-state index contributed by atoms with van der Waals surface area (Å²) in [5.74, 6) is -0.215. The fourth-order valence-corrected chi connectivity index (χ4v) is 5.01. The van der Waals surface area contributed by atoms with Crippen molar-refractivity contribution >= 4 is 39.6 Å². The van der Waals surface area contributed by atoms with Crippen LogP contribution < -0.4 is 10.2 Å². The van der Waals surface area contributed by atoms with Gasteiger partial charge in [-0.1, -0.05) is 60.7 Å². The lowest BCUT2D eigenvalue weighted by Crippen LogP contribution is -2.15. The highest BCUT2D eigenvalue weighted by Gasteiger charge is 2.43. The second-order valence-electron chi connectivity index (χ2n) is 10.3. The summed E-state index contributed by atoms with van der Waals surface area (Å²) in [4.78, 5) is 29.0. The second-order valence-corrected chi connectivity index (χ2v) is 10.3. The number of nitrogens with one attached hydrogen (secondary N) is 1. The van der Waals surface area contributed by atoms with E-state index in [2.05, 4.69) is 62.7 Å². The van der Waals surface area contributed by atoms with Gasteiger partial charge in [0, 0.05) is 60.4 Å². The Hall–Kier alpha value is -5.35. The molecule has 1 aliphatic rings. The van der Waals surface area contributed by atoms with E-state index in [-0.39, 0.29) is 17.7 Å². The van der Waals surface area contributed by atoms with Crippen molar-refractivity contribution in [3.63, 3.8) is 0 Å². The molecule has 41 heavy (non-hydrogen) atoms. The third-order valence-electron chi connectivity index (χ3n) is 7.28. The number of aliphatic imine (C=N–C) groups is 1. The summed E-state index contributed by atoms with van der Waals surface area (Å²) >= 11 is 0. The molecular weight excluding hydrogens is 508 g/mol. The third kappa shape index (κ3) is 5.41. The number of amides is 1. The van der Waals surface area contributed by atoms with E-state index in [9.17, 15) is 4.79 Å². The predicted molar refractivity (Wildman–Crippen MR) is 163 cm³/mol. The molecule has 6 rings (SSSR count). The quantitative estimate of drug-likeness (QED) is 0.236. The highest BCUT2D eigenvalue weighted by Crippen LogP contribution is 2.40. The van der Waals surface area contributed by atoms with Crippen LogP contribution in [0.3, 0.4) is 0 Å². The van der Waals surface area contributed by atoms with Gasteiger partial charge >= 0.3 is 0 Å². The van der Waals surface area contributed by atoms with Gasteiger partial charge in [-0.15, -0.1) is 0 Å². The minimum Gasteiger partial charge on any atom is -0.377 e. The van der Waals surface area contributed by atoms with Crippen molar-refractivity contribution in [3.8, 4) is 17.2 Å². The Balaban J connectivity index is 1.54. The molecule has 1 amide bonds. The number of carbonyl (C=O) groups excluding carboxylic acids is 1. The molecule has 1 fully saturated rings. The first-order valence-corrected chi connectivity index (χ1v) is 13.5. The number of fused-ring (bicyclic) bond motifs is 1. The van der Waals surface area contributed by atoms with Crippen molar-refractivity contribution < 1.29 is 4.79 Å². The lowest BCUT2D eigenvalue weighted by atomic mass is 9.99. The molecule has 7 heteroatoms. The first kappa shape index (κ1) is 25.9. The Morgan fingerprint density at radius 2 is 1.68 bits per heavy atom. The normalized spacial score (nSPS) is 15.5. The monoisotopic (exact) mass is 536 g/mol. The van der Waals surface area contributed by atoms with Crippen LogP contribution in [0.1, 0.15) is 17.5 Å². The number of hydrogen-bond donors (Lipinski definition) is 1. The van der Waals surface area contributed by atoms with Crippen LogP contribution in [-0.2, 0) is 4.79 Å². The molecule has 200 valence electrons. The molecule has 2 heterocycles. The van der Waals surface area contributed by atoms with Crippen LogP contribution in [-0.4, -0.2) is 35.7 Å². The molecule has 0 radical (unpaired) electrons. The molecule has 1 N–H and O–H groups in total. The van der Waals surface area contributed by atoms with Gasteiger partial charge in [0.25, 0.3) is 0 Å². The van der Waals surface area contributed by atoms with E-state index in [1.165, 1.54) is 0 Å². The standard InChI is InChI=1S/C34H28N6O/c1-40(2)31-13-14-36-20-29(31)24-15-25-18-32(39-34(41)27-16-26(27)19-35)37-21-28(25)30(17-24)38-33(22-9-5-3-6-10-22)23-11-7-4-8-12-23/h3-15,17-18,20-21,26-27H,16H2,1-2H3,(H,37,39,41). The number of carbonyl (C=O) groups is 1. The number of aromatic nitrogens is 2. The molecule has 0 saturated heterocycles. The van der Waals surface area contributed by atoms with Gasteiger partial charge < -0.3 is 10.2 Å². The summed E-state index contributed by atoms with van der Waals surface area (Å²) in [5, 5.41) is 13.8. The number of pyridine rings is 2. The molecule has 2 atom stereocenters. The molecule has 7 nitrogen and oxygen atoms in total. The zero-order chi connectivity index (χ0) is 28.3. The van der Waals surface area contributed by atoms with Crippen LogP contribution in [0.2, 0.25) is 0 Å². The summed E-state index contributed by atoms with van der Waals surface area (Å²) in [7, 11) is 4.01. The molecular formula is C34H28N6O. The van der Waals surface area contributed by atoms with Crippen molar-refractivity contribution in [2.45, 2.75) is 6.42 Å². The van der Waals surface area contributed by atoms with Crippen LogP contribution in [0, 0.1) is 23.2 Å². The van der Waals surface area contributed by atoms with Crippen molar-refractivity contribution in [2.75, 3.05) is 24.3 Å². The highest BCUT2D eigenvalue weighted by molar-refractivity contribution is 6.15. The van der Waals surface area contributed by atoms with Crippen molar-refractivity contribution in [3.05, 3.63) is 115 Å². The number of anilines is 2. The van der Waals surface area contributed by atoms with Crippen LogP contribution in [0.4, 0.5) is 17.2 Å². The van der Waals surface area contributed by atoms with Crippen LogP contribution in [0.15, 0.2) is 109 Å². The molecule has 0 bridgehead atoms. The van der Waals surface area contributed by atoms with Crippen molar-refractivity contribution in [1.82, 2.24) is 9.97 Å². The van der Waals surface area contributed by atoms with E-state index < -0.39 is 0 Å². The van der Waals surface area contributed by atoms with Crippen LogP contribution >= 0.6 is 0 Å². The molecule has 0 spiro atoms. The number of rotatable bonds is 7. The van der Waals surface area contributed by atoms with E-state index in [1.807, 2.05) is 68.8 Å².